The number of guanidine groups is 1. The van der Waals surface area contributed by atoms with E-state index in [1.807, 2.05) is 7.05 Å². The summed E-state index contributed by atoms with van der Waals surface area (Å²) < 4.78 is 11.2. The molecule has 1 saturated carbocycles. The van der Waals surface area contributed by atoms with E-state index < -0.39 is 0 Å². The smallest absolute Gasteiger partial charge is 0.190 e. The van der Waals surface area contributed by atoms with Crippen LogP contribution >= 0.6 is 24.0 Å². The fourth-order valence-corrected chi connectivity index (χ4v) is 3.57. The molecule has 152 valence electrons. The Kier molecular flexibility index (Phi) is 10.4. The molecule has 1 aromatic rings. The van der Waals surface area contributed by atoms with Crippen molar-refractivity contribution < 1.29 is 9.47 Å². The van der Waals surface area contributed by atoms with E-state index in [1.54, 1.807) is 0 Å². The molecule has 0 spiro atoms. The fraction of sp³-hybridized carbons (Fsp3) is 0.667. The predicted octanol–water partition coefficient (Wildman–Crippen LogP) is 3.41. The van der Waals surface area contributed by atoms with Crippen LogP contribution in [0.15, 0.2) is 35.3 Å². The summed E-state index contributed by atoms with van der Waals surface area (Å²) in [6, 6.07) is 10.8. The second-order valence-corrected chi connectivity index (χ2v) is 7.38. The van der Waals surface area contributed by atoms with Crippen molar-refractivity contribution in [3.63, 3.8) is 0 Å². The normalized spacial score (nSPS) is 22.8. The number of hydrogen-bond acceptors (Lipinski definition) is 3. The van der Waals surface area contributed by atoms with Gasteiger partial charge in [0.25, 0.3) is 0 Å². The SMILES string of the molecule is CN=C(NCCCOCC1CCOCC1)NCC1CC1c1ccccc1.I. The Hall–Kier alpha value is -0.860. The van der Waals surface area contributed by atoms with Crippen LogP contribution in [0.1, 0.15) is 37.2 Å². The van der Waals surface area contributed by atoms with Gasteiger partial charge in [-0.3, -0.25) is 4.99 Å². The van der Waals surface area contributed by atoms with Crippen molar-refractivity contribution in [2.24, 2.45) is 16.8 Å². The largest absolute Gasteiger partial charge is 0.381 e. The predicted molar refractivity (Wildman–Crippen MR) is 121 cm³/mol. The molecule has 1 aliphatic heterocycles. The quantitative estimate of drug-likeness (QED) is 0.243. The number of ether oxygens (including phenoxy) is 2. The third kappa shape index (κ3) is 7.95. The molecule has 2 fully saturated rings. The van der Waals surface area contributed by atoms with E-state index in [9.17, 15) is 0 Å². The highest BCUT2D eigenvalue weighted by Gasteiger charge is 2.37. The molecular weight excluding hydrogens is 453 g/mol. The minimum absolute atomic E-state index is 0. The van der Waals surface area contributed by atoms with Crippen molar-refractivity contribution in [3.8, 4) is 0 Å². The number of benzene rings is 1. The molecule has 3 rings (SSSR count). The second-order valence-electron chi connectivity index (χ2n) is 7.38. The molecule has 0 amide bonds. The van der Waals surface area contributed by atoms with E-state index in [-0.39, 0.29) is 24.0 Å². The summed E-state index contributed by atoms with van der Waals surface area (Å²) in [6.45, 7) is 5.34. The first-order valence-corrected chi connectivity index (χ1v) is 10.0. The lowest BCUT2D eigenvalue weighted by molar-refractivity contribution is 0.0203. The zero-order chi connectivity index (χ0) is 18.0. The highest BCUT2D eigenvalue weighted by molar-refractivity contribution is 14.0. The van der Waals surface area contributed by atoms with E-state index in [4.69, 9.17) is 9.47 Å². The summed E-state index contributed by atoms with van der Waals surface area (Å²) in [5.41, 5.74) is 1.46. The number of nitrogens with zero attached hydrogens (tertiary/aromatic N) is 1. The van der Waals surface area contributed by atoms with Crippen molar-refractivity contribution in [1.82, 2.24) is 10.6 Å². The Morgan fingerprint density at radius 3 is 2.70 bits per heavy atom. The van der Waals surface area contributed by atoms with E-state index in [2.05, 4.69) is 46.0 Å². The van der Waals surface area contributed by atoms with Gasteiger partial charge < -0.3 is 20.1 Å². The molecule has 0 radical (unpaired) electrons. The average Bonchev–Trinajstić information content (AvgIpc) is 3.48. The van der Waals surface area contributed by atoms with E-state index in [1.165, 1.54) is 12.0 Å². The molecule has 1 saturated heterocycles. The fourth-order valence-electron chi connectivity index (χ4n) is 3.57. The standard InChI is InChI=1S/C21H33N3O2.HI/c1-22-21(23-10-5-11-26-16-17-8-12-25-13-9-17)24-15-19-14-20(19)18-6-3-2-4-7-18;/h2-4,6-7,17,19-20H,5,8-16H2,1H3,(H2,22,23,24);1H. The van der Waals surface area contributed by atoms with Gasteiger partial charge in [0.15, 0.2) is 5.96 Å². The van der Waals surface area contributed by atoms with Crippen molar-refractivity contribution in [1.29, 1.82) is 0 Å². The van der Waals surface area contributed by atoms with Crippen molar-refractivity contribution >= 4 is 29.9 Å². The minimum Gasteiger partial charge on any atom is -0.381 e. The average molecular weight is 487 g/mol. The molecule has 0 aromatic heterocycles. The molecule has 2 unspecified atom stereocenters. The van der Waals surface area contributed by atoms with Crippen LogP contribution in [0.5, 0.6) is 0 Å². The second kappa shape index (κ2) is 12.6. The van der Waals surface area contributed by atoms with Gasteiger partial charge in [0.2, 0.25) is 0 Å². The van der Waals surface area contributed by atoms with Gasteiger partial charge >= 0.3 is 0 Å². The highest BCUT2D eigenvalue weighted by Crippen LogP contribution is 2.46. The Balaban J connectivity index is 0.00000261. The Labute approximate surface area is 180 Å². The zero-order valence-corrected chi connectivity index (χ0v) is 18.7. The van der Waals surface area contributed by atoms with Crippen LogP contribution in [0.3, 0.4) is 0 Å². The Morgan fingerprint density at radius 1 is 1.19 bits per heavy atom. The molecule has 1 aliphatic carbocycles. The van der Waals surface area contributed by atoms with Gasteiger partial charge in [0, 0.05) is 46.6 Å². The molecule has 1 heterocycles. The molecule has 6 heteroatoms. The first kappa shape index (κ1) is 22.4. The Morgan fingerprint density at radius 2 is 1.96 bits per heavy atom. The van der Waals surface area contributed by atoms with Gasteiger partial charge in [-0.1, -0.05) is 30.3 Å². The van der Waals surface area contributed by atoms with Crippen LogP contribution in [0.2, 0.25) is 0 Å². The van der Waals surface area contributed by atoms with Gasteiger partial charge in [-0.2, -0.15) is 0 Å². The zero-order valence-electron chi connectivity index (χ0n) is 16.4. The van der Waals surface area contributed by atoms with Crippen molar-refractivity contribution in [3.05, 3.63) is 35.9 Å². The van der Waals surface area contributed by atoms with Crippen LogP contribution in [0, 0.1) is 11.8 Å². The number of halogens is 1. The number of hydrogen-bond donors (Lipinski definition) is 2. The lowest BCUT2D eigenvalue weighted by Gasteiger charge is -2.21. The summed E-state index contributed by atoms with van der Waals surface area (Å²) >= 11 is 0. The maximum absolute atomic E-state index is 5.80. The summed E-state index contributed by atoms with van der Waals surface area (Å²) in [6.07, 6.45) is 4.55. The van der Waals surface area contributed by atoms with Crippen molar-refractivity contribution in [2.45, 2.75) is 31.6 Å². The molecular formula is C21H34IN3O2. The lowest BCUT2D eigenvalue weighted by Crippen LogP contribution is -2.39. The highest BCUT2D eigenvalue weighted by atomic mass is 127. The first-order valence-electron chi connectivity index (χ1n) is 10.0. The molecule has 5 nitrogen and oxygen atoms in total. The van der Waals surface area contributed by atoms with Gasteiger partial charge in [-0.25, -0.2) is 0 Å². The number of nitrogens with one attached hydrogen (secondary N) is 2. The van der Waals surface area contributed by atoms with Crippen molar-refractivity contribution in [2.75, 3.05) is 46.6 Å². The topological polar surface area (TPSA) is 54.9 Å². The summed E-state index contributed by atoms with van der Waals surface area (Å²) in [4.78, 5) is 4.32. The summed E-state index contributed by atoms with van der Waals surface area (Å²) in [5, 5.41) is 6.84. The number of aliphatic imine (C=N–C) groups is 1. The van der Waals surface area contributed by atoms with Gasteiger partial charge in [-0.15, -0.1) is 24.0 Å². The maximum Gasteiger partial charge on any atom is 0.190 e. The van der Waals surface area contributed by atoms with Gasteiger partial charge in [-0.05, 0) is 49.0 Å². The third-order valence-corrected chi connectivity index (χ3v) is 5.36. The van der Waals surface area contributed by atoms with Crippen LogP contribution < -0.4 is 10.6 Å². The molecule has 0 bridgehead atoms. The van der Waals surface area contributed by atoms with E-state index >= 15 is 0 Å². The monoisotopic (exact) mass is 487 g/mol. The number of rotatable bonds is 9. The molecule has 2 atom stereocenters. The Bertz CT molecular complexity index is 550. The third-order valence-electron chi connectivity index (χ3n) is 5.36. The minimum atomic E-state index is 0. The molecule has 2 N–H and O–H groups in total. The first-order chi connectivity index (χ1) is 12.9. The van der Waals surface area contributed by atoms with Gasteiger partial charge in [0.05, 0.1) is 0 Å². The summed E-state index contributed by atoms with van der Waals surface area (Å²) in [5.74, 6) is 3.01. The van der Waals surface area contributed by atoms with Crippen LogP contribution in [0.25, 0.3) is 0 Å². The van der Waals surface area contributed by atoms with Gasteiger partial charge in [0.1, 0.15) is 0 Å². The maximum atomic E-state index is 5.80. The molecule has 1 aromatic carbocycles. The van der Waals surface area contributed by atoms with E-state index in [0.29, 0.717) is 11.8 Å². The molecule has 27 heavy (non-hydrogen) atoms. The lowest BCUT2D eigenvalue weighted by atomic mass is 10.0. The summed E-state index contributed by atoms with van der Waals surface area (Å²) in [7, 11) is 1.83. The van der Waals surface area contributed by atoms with Crippen LogP contribution in [-0.2, 0) is 9.47 Å². The van der Waals surface area contributed by atoms with Crippen LogP contribution in [-0.4, -0.2) is 52.5 Å². The van der Waals surface area contributed by atoms with Crippen LogP contribution in [0.4, 0.5) is 0 Å². The van der Waals surface area contributed by atoms with E-state index in [0.717, 1.165) is 70.7 Å². The molecule has 2 aliphatic rings.